The molecule has 0 saturated heterocycles. The summed E-state index contributed by atoms with van der Waals surface area (Å²) in [5.74, 6) is 0.833. The number of hydrogen-bond donors (Lipinski definition) is 2. The largest absolute Gasteiger partial charge is 0.508 e. The summed E-state index contributed by atoms with van der Waals surface area (Å²) < 4.78 is 7.96. The van der Waals surface area contributed by atoms with E-state index in [1.54, 1.807) is 19.4 Å². The maximum absolute atomic E-state index is 11.5. The first-order chi connectivity index (χ1) is 14.9. The van der Waals surface area contributed by atoms with Gasteiger partial charge in [0.05, 0.1) is 24.2 Å². The molecular formula is C23H28N4O3S. The van der Waals surface area contributed by atoms with Crippen LogP contribution in [0.1, 0.15) is 33.3 Å². The third-order valence-corrected chi connectivity index (χ3v) is 5.72. The molecule has 1 aromatic heterocycles. The van der Waals surface area contributed by atoms with Crippen molar-refractivity contribution in [2.45, 2.75) is 40.2 Å². The summed E-state index contributed by atoms with van der Waals surface area (Å²) in [6.45, 7) is 9.13. The van der Waals surface area contributed by atoms with Gasteiger partial charge in [0.15, 0.2) is 4.77 Å². The predicted molar refractivity (Wildman–Crippen MR) is 128 cm³/mol. The van der Waals surface area contributed by atoms with Crippen molar-refractivity contribution in [3.05, 3.63) is 51.8 Å². The van der Waals surface area contributed by atoms with Crippen LogP contribution in [0.15, 0.2) is 41.7 Å². The van der Waals surface area contributed by atoms with Crippen molar-refractivity contribution in [3.8, 4) is 28.4 Å². The molecule has 7 nitrogen and oxygen atoms in total. The zero-order chi connectivity index (χ0) is 22.7. The number of imidazole rings is 1. The number of phenolic OH excluding ortho intramolecular Hbond substituents is 1. The quantitative estimate of drug-likeness (QED) is 0.326. The molecule has 0 radical (unpaired) electrons. The Balaban J connectivity index is 2.26. The van der Waals surface area contributed by atoms with Crippen molar-refractivity contribution in [2.75, 3.05) is 18.6 Å². The first-order valence-corrected chi connectivity index (χ1v) is 10.7. The van der Waals surface area contributed by atoms with Crippen molar-refractivity contribution in [1.82, 2.24) is 9.55 Å². The van der Waals surface area contributed by atoms with E-state index < -0.39 is 0 Å². The van der Waals surface area contributed by atoms with E-state index in [-0.39, 0.29) is 17.5 Å². The Hall–Kier alpha value is -3.13. The SMILES string of the molecule is CCc1cc(-c2c[nH]c(=S)n2-c2ccc(OC)c(N(CC)C(C)C)c2)c(N=O)cc1O. The lowest BCUT2D eigenvalue weighted by atomic mass is 10.0. The van der Waals surface area contributed by atoms with Crippen LogP contribution in [0.25, 0.3) is 16.9 Å². The molecule has 8 heteroatoms. The van der Waals surface area contributed by atoms with Crippen LogP contribution in [0.4, 0.5) is 11.4 Å². The van der Waals surface area contributed by atoms with Gasteiger partial charge in [-0.15, -0.1) is 4.91 Å². The first kappa shape index (κ1) is 22.6. The van der Waals surface area contributed by atoms with E-state index in [1.165, 1.54) is 6.07 Å². The van der Waals surface area contributed by atoms with E-state index >= 15 is 0 Å². The van der Waals surface area contributed by atoms with Crippen LogP contribution in [-0.4, -0.2) is 34.4 Å². The van der Waals surface area contributed by atoms with Crippen LogP contribution in [0.5, 0.6) is 11.5 Å². The van der Waals surface area contributed by atoms with E-state index in [2.05, 4.69) is 35.8 Å². The van der Waals surface area contributed by atoms with Gasteiger partial charge in [-0.05, 0) is 74.4 Å². The summed E-state index contributed by atoms with van der Waals surface area (Å²) in [7, 11) is 1.66. The van der Waals surface area contributed by atoms with Crippen molar-refractivity contribution < 1.29 is 9.84 Å². The van der Waals surface area contributed by atoms with E-state index in [0.29, 0.717) is 22.4 Å². The lowest BCUT2D eigenvalue weighted by molar-refractivity contribution is 0.413. The number of aromatic hydroxyl groups is 1. The molecule has 1 heterocycles. The molecule has 0 aliphatic heterocycles. The highest BCUT2D eigenvalue weighted by Crippen LogP contribution is 2.38. The lowest BCUT2D eigenvalue weighted by Gasteiger charge is -2.29. The summed E-state index contributed by atoms with van der Waals surface area (Å²) >= 11 is 5.58. The molecule has 0 atom stereocenters. The Morgan fingerprint density at radius 2 is 2.00 bits per heavy atom. The number of hydrogen-bond acceptors (Lipinski definition) is 6. The number of nitrogens with zero attached hydrogens (tertiary/aromatic N) is 3. The molecule has 0 saturated carbocycles. The number of methoxy groups -OCH3 is 1. The van der Waals surface area contributed by atoms with Gasteiger partial charge in [-0.3, -0.25) is 4.57 Å². The van der Waals surface area contributed by atoms with Gasteiger partial charge >= 0.3 is 0 Å². The van der Waals surface area contributed by atoms with Gasteiger partial charge in [-0.1, -0.05) is 6.92 Å². The summed E-state index contributed by atoms with van der Waals surface area (Å²) in [5, 5.41) is 13.3. The van der Waals surface area contributed by atoms with Gasteiger partial charge in [0.2, 0.25) is 0 Å². The van der Waals surface area contributed by atoms with Crippen LogP contribution in [0, 0.1) is 9.68 Å². The van der Waals surface area contributed by atoms with E-state index in [9.17, 15) is 10.0 Å². The Morgan fingerprint density at radius 1 is 1.26 bits per heavy atom. The van der Waals surface area contributed by atoms with E-state index in [0.717, 1.165) is 29.2 Å². The molecule has 2 aromatic carbocycles. The van der Waals surface area contributed by atoms with Gasteiger partial charge in [0, 0.05) is 30.4 Å². The van der Waals surface area contributed by atoms with E-state index in [1.807, 2.05) is 29.7 Å². The van der Waals surface area contributed by atoms with Gasteiger partial charge in [0.25, 0.3) is 0 Å². The highest BCUT2D eigenvalue weighted by molar-refractivity contribution is 7.71. The van der Waals surface area contributed by atoms with Crippen LogP contribution >= 0.6 is 12.2 Å². The van der Waals surface area contributed by atoms with Crippen molar-refractivity contribution in [3.63, 3.8) is 0 Å². The number of phenols is 1. The molecule has 0 spiro atoms. The van der Waals surface area contributed by atoms with Gasteiger partial charge < -0.3 is 19.7 Å². The van der Waals surface area contributed by atoms with Crippen LogP contribution in [-0.2, 0) is 6.42 Å². The molecule has 0 amide bonds. The highest BCUT2D eigenvalue weighted by Gasteiger charge is 2.19. The number of nitroso groups, excluding NO2 is 1. The molecule has 0 fully saturated rings. The normalized spacial score (nSPS) is 11.0. The molecule has 3 rings (SSSR count). The van der Waals surface area contributed by atoms with Crippen molar-refractivity contribution >= 4 is 23.6 Å². The maximum atomic E-state index is 11.5. The number of rotatable bonds is 8. The minimum atomic E-state index is 0.0591. The minimum absolute atomic E-state index is 0.0591. The van der Waals surface area contributed by atoms with Gasteiger partial charge in [0.1, 0.15) is 17.2 Å². The third kappa shape index (κ3) is 4.20. The van der Waals surface area contributed by atoms with Crippen LogP contribution < -0.4 is 9.64 Å². The van der Waals surface area contributed by atoms with Crippen LogP contribution in [0.3, 0.4) is 0 Å². The monoisotopic (exact) mass is 440 g/mol. The summed E-state index contributed by atoms with van der Waals surface area (Å²) in [4.78, 5) is 16.8. The molecule has 3 aromatic rings. The Kier molecular flexibility index (Phi) is 6.80. The number of aromatic amines is 1. The smallest absolute Gasteiger partial charge is 0.182 e. The highest BCUT2D eigenvalue weighted by atomic mass is 32.1. The number of benzene rings is 2. The Bertz CT molecular complexity index is 1150. The molecule has 0 aliphatic rings. The number of aromatic nitrogens is 2. The molecule has 0 aliphatic carbocycles. The summed E-state index contributed by atoms with van der Waals surface area (Å²) in [6, 6.07) is 9.35. The fraction of sp³-hybridized carbons (Fsp3) is 0.348. The summed E-state index contributed by atoms with van der Waals surface area (Å²) in [5.41, 5.74) is 3.97. The zero-order valence-corrected chi connectivity index (χ0v) is 19.3. The maximum Gasteiger partial charge on any atom is 0.182 e. The average Bonchev–Trinajstić information content (AvgIpc) is 3.14. The second-order valence-electron chi connectivity index (χ2n) is 7.49. The lowest BCUT2D eigenvalue weighted by Crippen LogP contribution is -2.30. The zero-order valence-electron chi connectivity index (χ0n) is 18.5. The van der Waals surface area contributed by atoms with Gasteiger partial charge in [-0.25, -0.2) is 0 Å². The van der Waals surface area contributed by atoms with Gasteiger partial charge in [-0.2, -0.15) is 0 Å². The molecule has 164 valence electrons. The fourth-order valence-electron chi connectivity index (χ4n) is 3.86. The van der Waals surface area contributed by atoms with Crippen LogP contribution in [0.2, 0.25) is 0 Å². The predicted octanol–water partition coefficient (Wildman–Crippen LogP) is 6.11. The number of H-pyrrole nitrogens is 1. The first-order valence-electron chi connectivity index (χ1n) is 10.3. The molecular weight excluding hydrogens is 412 g/mol. The topological polar surface area (TPSA) is 82.8 Å². The van der Waals surface area contributed by atoms with Crippen molar-refractivity contribution in [1.29, 1.82) is 0 Å². The second-order valence-corrected chi connectivity index (χ2v) is 7.88. The Labute approximate surface area is 187 Å². The minimum Gasteiger partial charge on any atom is -0.508 e. The fourth-order valence-corrected chi connectivity index (χ4v) is 4.13. The van der Waals surface area contributed by atoms with E-state index in [4.69, 9.17) is 17.0 Å². The number of ether oxygens (including phenoxy) is 1. The molecule has 2 N–H and O–H groups in total. The number of nitrogens with one attached hydrogen (secondary N) is 1. The standard InChI is InChI=1S/C23H28N4O3S/c1-6-15-10-17(18(25-29)12-21(15)28)20-13-24-23(31)27(20)16-8-9-22(30-5)19(11-16)26(7-2)14(3)4/h8-14,28H,6-7H2,1-5H3,(H,24,31). The Morgan fingerprint density at radius 3 is 2.58 bits per heavy atom. The number of aryl methyl sites for hydroxylation is 1. The molecule has 0 bridgehead atoms. The number of anilines is 1. The molecule has 0 unspecified atom stereocenters. The third-order valence-electron chi connectivity index (χ3n) is 5.42. The second kappa shape index (κ2) is 9.34. The van der Waals surface area contributed by atoms with Crippen molar-refractivity contribution in [2.24, 2.45) is 5.18 Å². The summed E-state index contributed by atoms with van der Waals surface area (Å²) in [6.07, 6.45) is 2.38. The molecule has 31 heavy (non-hydrogen) atoms. The average molecular weight is 441 g/mol.